The molecule has 0 heterocycles. The highest BCUT2D eigenvalue weighted by atomic mass is 16.4. The van der Waals surface area contributed by atoms with Crippen LogP contribution in [0.3, 0.4) is 0 Å². The van der Waals surface area contributed by atoms with Gasteiger partial charge in [0.2, 0.25) is 5.91 Å². The van der Waals surface area contributed by atoms with Crippen LogP contribution in [0, 0.1) is 5.92 Å². The molecule has 1 atom stereocenters. The molecule has 5 heteroatoms. The van der Waals surface area contributed by atoms with E-state index in [1.165, 1.54) is 12.8 Å². The number of rotatable bonds is 9. The van der Waals surface area contributed by atoms with Crippen molar-refractivity contribution in [1.29, 1.82) is 0 Å². The van der Waals surface area contributed by atoms with Crippen LogP contribution in [0.15, 0.2) is 30.3 Å². The molecule has 114 valence electrons. The lowest BCUT2D eigenvalue weighted by Gasteiger charge is -2.15. The van der Waals surface area contributed by atoms with Crippen molar-refractivity contribution in [1.82, 2.24) is 10.6 Å². The Morgan fingerprint density at radius 1 is 1.24 bits per heavy atom. The quantitative estimate of drug-likeness (QED) is 0.638. The number of carboxylic acids is 1. The molecule has 1 saturated carbocycles. The van der Waals surface area contributed by atoms with Gasteiger partial charge in [0.05, 0.1) is 6.54 Å². The van der Waals surface area contributed by atoms with Gasteiger partial charge in [0.15, 0.2) is 0 Å². The normalized spacial score (nSPS) is 15.4. The van der Waals surface area contributed by atoms with E-state index < -0.39 is 12.0 Å². The monoisotopic (exact) mass is 290 g/mol. The van der Waals surface area contributed by atoms with Crippen molar-refractivity contribution >= 4 is 11.9 Å². The summed E-state index contributed by atoms with van der Waals surface area (Å²) in [6, 6.07) is 8.85. The molecule has 1 fully saturated rings. The van der Waals surface area contributed by atoms with E-state index >= 15 is 0 Å². The zero-order valence-corrected chi connectivity index (χ0v) is 12.0. The third-order valence-electron chi connectivity index (χ3n) is 3.61. The Hall–Kier alpha value is -1.88. The van der Waals surface area contributed by atoms with Crippen molar-refractivity contribution in [2.24, 2.45) is 5.92 Å². The Kier molecular flexibility index (Phi) is 5.75. The summed E-state index contributed by atoms with van der Waals surface area (Å²) in [5, 5.41) is 14.8. The number of aliphatic carboxylic acids is 1. The van der Waals surface area contributed by atoms with Crippen molar-refractivity contribution in [2.75, 3.05) is 13.1 Å². The summed E-state index contributed by atoms with van der Waals surface area (Å²) in [6.07, 6.45) is 3.48. The van der Waals surface area contributed by atoms with E-state index in [0.29, 0.717) is 18.8 Å². The van der Waals surface area contributed by atoms with Crippen molar-refractivity contribution in [3.05, 3.63) is 35.9 Å². The maximum Gasteiger partial charge on any atom is 0.326 e. The van der Waals surface area contributed by atoms with Crippen LogP contribution in [0.25, 0.3) is 0 Å². The first-order chi connectivity index (χ1) is 10.1. The molecule has 0 saturated heterocycles. The Bertz CT molecular complexity index is 472. The van der Waals surface area contributed by atoms with E-state index in [4.69, 9.17) is 0 Å². The highest BCUT2D eigenvalue weighted by molar-refractivity contribution is 5.84. The summed E-state index contributed by atoms with van der Waals surface area (Å²) in [4.78, 5) is 22.9. The smallest absolute Gasteiger partial charge is 0.326 e. The Morgan fingerprint density at radius 2 is 1.95 bits per heavy atom. The maximum atomic E-state index is 11.7. The number of amides is 1. The lowest BCUT2D eigenvalue weighted by molar-refractivity contribution is -0.141. The van der Waals surface area contributed by atoms with Crippen LogP contribution in [0.5, 0.6) is 0 Å². The average Bonchev–Trinajstić information content (AvgIpc) is 3.28. The lowest BCUT2D eigenvalue weighted by Crippen LogP contribution is -2.45. The number of nitrogens with one attached hydrogen (secondary N) is 2. The molecule has 0 aromatic heterocycles. The topological polar surface area (TPSA) is 78.4 Å². The van der Waals surface area contributed by atoms with Gasteiger partial charge < -0.3 is 15.7 Å². The molecule has 5 nitrogen and oxygen atoms in total. The van der Waals surface area contributed by atoms with E-state index in [-0.39, 0.29) is 12.5 Å². The zero-order valence-electron chi connectivity index (χ0n) is 12.0. The molecule has 21 heavy (non-hydrogen) atoms. The SMILES string of the molecule is O=C(CNCC1CC1)NC(CCc1ccccc1)C(=O)O. The highest BCUT2D eigenvalue weighted by Crippen LogP contribution is 2.27. The zero-order chi connectivity index (χ0) is 15.1. The minimum Gasteiger partial charge on any atom is -0.480 e. The van der Waals surface area contributed by atoms with Gasteiger partial charge >= 0.3 is 5.97 Å². The molecule has 0 aliphatic heterocycles. The molecule has 1 aromatic rings. The molecule has 3 N–H and O–H groups in total. The Labute approximate surface area is 124 Å². The van der Waals surface area contributed by atoms with Crippen molar-refractivity contribution in [3.63, 3.8) is 0 Å². The maximum absolute atomic E-state index is 11.7. The van der Waals surface area contributed by atoms with E-state index in [1.807, 2.05) is 30.3 Å². The first-order valence-corrected chi connectivity index (χ1v) is 7.42. The van der Waals surface area contributed by atoms with Gasteiger partial charge in [0.1, 0.15) is 6.04 Å². The fraction of sp³-hybridized carbons (Fsp3) is 0.500. The molecule has 1 aromatic carbocycles. The van der Waals surface area contributed by atoms with Gasteiger partial charge in [0.25, 0.3) is 0 Å². The van der Waals surface area contributed by atoms with E-state index in [9.17, 15) is 14.7 Å². The van der Waals surface area contributed by atoms with Gasteiger partial charge in [-0.15, -0.1) is 0 Å². The van der Waals surface area contributed by atoms with Crippen LogP contribution in [0.1, 0.15) is 24.8 Å². The second-order valence-electron chi connectivity index (χ2n) is 5.56. The Morgan fingerprint density at radius 3 is 2.57 bits per heavy atom. The van der Waals surface area contributed by atoms with Crippen LogP contribution in [0.2, 0.25) is 0 Å². The summed E-state index contributed by atoms with van der Waals surface area (Å²) in [7, 11) is 0. The van der Waals surface area contributed by atoms with Gasteiger partial charge in [0, 0.05) is 0 Å². The van der Waals surface area contributed by atoms with Crippen LogP contribution >= 0.6 is 0 Å². The fourth-order valence-electron chi connectivity index (χ4n) is 2.17. The molecule has 1 aliphatic carbocycles. The summed E-state index contributed by atoms with van der Waals surface area (Å²) < 4.78 is 0. The van der Waals surface area contributed by atoms with E-state index in [2.05, 4.69) is 10.6 Å². The largest absolute Gasteiger partial charge is 0.480 e. The van der Waals surface area contributed by atoms with Gasteiger partial charge in [-0.1, -0.05) is 30.3 Å². The molecule has 1 aliphatic rings. The second kappa shape index (κ2) is 7.78. The molecule has 2 rings (SSSR count). The number of hydrogen-bond acceptors (Lipinski definition) is 3. The highest BCUT2D eigenvalue weighted by Gasteiger charge is 2.22. The fourth-order valence-corrected chi connectivity index (χ4v) is 2.17. The minimum absolute atomic E-state index is 0.186. The van der Waals surface area contributed by atoms with Crippen LogP contribution in [0.4, 0.5) is 0 Å². The molecular weight excluding hydrogens is 268 g/mol. The van der Waals surface area contributed by atoms with Gasteiger partial charge in [-0.05, 0) is 43.7 Å². The molecule has 1 unspecified atom stereocenters. The van der Waals surface area contributed by atoms with Crippen molar-refractivity contribution in [2.45, 2.75) is 31.7 Å². The van der Waals surface area contributed by atoms with Crippen LogP contribution in [-0.4, -0.2) is 36.1 Å². The molecular formula is C16H22N2O3. The summed E-state index contributed by atoms with van der Waals surface area (Å²) in [5.74, 6) is -0.538. The molecule has 0 bridgehead atoms. The number of carbonyl (C=O) groups excluding carboxylic acids is 1. The second-order valence-corrected chi connectivity index (χ2v) is 5.56. The van der Waals surface area contributed by atoms with Gasteiger partial charge in [-0.2, -0.15) is 0 Å². The van der Waals surface area contributed by atoms with E-state index in [1.54, 1.807) is 0 Å². The van der Waals surface area contributed by atoms with Crippen molar-refractivity contribution in [3.8, 4) is 0 Å². The third-order valence-corrected chi connectivity index (χ3v) is 3.61. The Balaban J connectivity index is 1.72. The lowest BCUT2D eigenvalue weighted by atomic mass is 10.1. The first-order valence-electron chi connectivity index (χ1n) is 7.42. The number of carboxylic acid groups (broad SMARTS) is 1. The van der Waals surface area contributed by atoms with Crippen molar-refractivity contribution < 1.29 is 14.7 Å². The number of hydrogen-bond donors (Lipinski definition) is 3. The third kappa shape index (κ3) is 5.95. The predicted octanol–water partition coefficient (Wildman–Crippen LogP) is 1.19. The minimum atomic E-state index is -0.985. The van der Waals surface area contributed by atoms with Gasteiger partial charge in [-0.3, -0.25) is 4.79 Å². The summed E-state index contributed by atoms with van der Waals surface area (Å²) in [5.41, 5.74) is 1.07. The van der Waals surface area contributed by atoms with E-state index in [0.717, 1.165) is 12.1 Å². The molecule has 0 radical (unpaired) electrons. The number of carbonyl (C=O) groups is 2. The standard InChI is InChI=1S/C16H22N2O3/c19-15(11-17-10-13-6-7-13)18-14(16(20)21)9-8-12-4-2-1-3-5-12/h1-5,13-14,17H,6-11H2,(H,18,19)(H,20,21). The van der Waals surface area contributed by atoms with Crippen LogP contribution < -0.4 is 10.6 Å². The predicted molar refractivity (Wildman–Crippen MR) is 79.9 cm³/mol. The summed E-state index contributed by atoms with van der Waals surface area (Å²) in [6.45, 7) is 1.03. The molecule has 0 spiro atoms. The number of benzene rings is 1. The summed E-state index contributed by atoms with van der Waals surface area (Å²) >= 11 is 0. The van der Waals surface area contributed by atoms with Gasteiger partial charge in [-0.25, -0.2) is 4.79 Å². The van der Waals surface area contributed by atoms with Crippen LogP contribution in [-0.2, 0) is 16.0 Å². The number of aryl methyl sites for hydroxylation is 1. The molecule has 1 amide bonds. The first kappa shape index (κ1) is 15.5. The average molecular weight is 290 g/mol.